The van der Waals surface area contributed by atoms with Crippen molar-refractivity contribution >= 4 is 0 Å². The maximum atomic E-state index is 4.08. The molecule has 0 fully saturated rings. The SMILES string of the molecule is C=C(CNC(C)C)CN(C)CCN(C)C. The van der Waals surface area contributed by atoms with Gasteiger partial charge in [-0.15, -0.1) is 0 Å². The molecule has 0 aliphatic carbocycles. The first-order valence-corrected chi connectivity index (χ1v) is 5.65. The Morgan fingerprint density at radius 1 is 1.20 bits per heavy atom. The van der Waals surface area contributed by atoms with Gasteiger partial charge in [0, 0.05) is 32.2 Å². The van der Waals surface area contributed by atoms with Crippen LogP contribution >= 0.6 is 0 Å². The smallest absolute Gasteiger partial charge is 0.0200 e. The maximum Gasteiger partial charge on any atom is 0.0200 e. The van der Waals surface area contributed by atoms with Crippen LogP contribution in [0.4, 0.5) is 0 Å². The number of likely N-dealkylation sites (N-methyl/N-ethyl adjacent to an activating group) is 2. The third-order valence-electron chi connectivity index (χ3n) is 2.18. The molecular weight excluding hydrogens is 186 g/mol. The van der Waals surface area contributed by atoms with Crippen molar-refractivity contribution in [1.82, 2.24) is 15.1 Å². The molecule has 0 saturated carbocycles. The van der Waals surface area contributed by atoms with E-state index in [4.69, 9.17) is 0 Å². The highest BCUT2D eigenvalue weighted by Gasteiger charge is 2.02. The number of hydrogen-bond donors (Lipinski definition) is 1. The average Bonchev–Trinajstić information content (AvgIpc) is 2.11. The zero-order valence-corrected chi connectivity index (χ0v) is 11.0. The number of rotatable bonds is 8. The minimum Gasteiger partial charge on any atom is -0.311 e. The van der Waals surface area contributed by atoms with Crippen molar-refractivity contribution in [2.45, 2.75) is 19.9 Å². The largest absolute Gasteiger partial charge is 0.311 e. The third kappa shape index (κ3) is 9.91. The summed E-state index contributed by atoms with van der Waals surface area (Å²) in [5.74, 6) is 0. The molecule has 0 aliphatic heterocycles. The minimum absolute atomic E-state index is 0.536. The van der Waals surface area contributed by atoms with Crippen LogP contribution in [-0.4, -0.2) is 63.2 Å². The Labute approximate surface area is 95.1 Å². The van der Waals surface area contributed by atoms with E-state index in [9.17, 15) is 0 Å². The first-order valence-electron chi connectivity index (χ1n) is 5.65. The standard InChI is InChI=1S/C12H27N3/c1-11(2)13-9-12(3)10-15(6)8-7-14(4)5/h11,13H,3,7-10H2,1-2,4-6H3. The molecule has 0 aromatic heterocycles. The van der Waals surface area contributed by atoms with Crippen molar-refractivity contribution in [1.29, 1.82) is 0 Å². The molecule has 0 rings (SSSR count). The van der Waals surface area contributed by atoms with E-state index < -0.39 is 0 Å². The second-order valence-electron chi connectivity index (χ2n) is 4.83. The summed E-state index contributed by atoms with van der Waals surface area (Å²) in [6.07, 6.45) is 0. The van der Waals surface area contributed by atoms with Gasteiger partial charge in [0.25, 0.3) is 0 Å². The lowest BCUT2D eigenvalue weighted by atomic mass is 10.2. The normalized spacial score (nSPS) is 11.7. The molecule has 0 bridgehead atoms. The molecule has 0 saturated heterocycles. The van der Waals surface area contributed by atoms with E-state index in [1.807, 2.05) is 0 Å². The Balaban J connectivity index is 3.57. The van der Waals surface area contributed by atoms with Crippen molar-refractivity contribution in [2.24, 2.45) is 0 Å². The summed E-state index contributed by atoms with van der Waals surface area (Å²) in [4.78, 5) is 4.51. The molecule has 0 amide bonds. The summed E-state index contributed by atoms with van der Waals surface area (Å²) in [5, 5.41) is 3.38. The van der Waals surface area contributed by atoms with Crippen LogP contribution in [0.2, 0.25) is 0 Å². The van der Waals surface area contributed by atoms with Crippen molar-refractivity contribution in [2.75, 3.05) is 47.3 Å². The van der Waals surface area contributed by atoms with Crippen LogP contribution in [0.1, 0.15) is 13.8 Å². The monoisotopic (exact) mass is 213 g/mol. The number of nitrogens with zero attached hydrogens (tertiary/aromatic N) is 2. The minimum atomic E-state index is 0.536. The van der Waals surface area contributed by atoms with E-state index in [0.29, 0.717) is 6.04 Å². The van der Waals surface area contributed by atoms with Gasteiger partial charge in [0.05, 0.1) is 0 Å². The van der Waals surface area contributed by atoms with E-state index >= 15 is 0 Å². The van der Waals surface area contributed by atoms with Crippen molar-refractivity contribution in [3.8, 4) is 0 Å². The van der Waals surface area contributed by atoms with Crippen LogP contribution in [0.15, 0.2) is 12.2 Å². The van der Waals surface area contributed by atoms with Gasteiger partial charge in [-0.3, -0.25) is 0 Å². The Kier molecular flexibility index (Phi) is 7.65. The van der Waals surface area contributed by atoms with Gasteiger partial charge in [-0.1, -0.05) is 20.4 Å². The molecule has 0 unspecified atom stereocenters. The van der Waals surface area contributed by atoms with Crippen molar-refractivity contribution in [3.63, 3.8) is 0 Å². The Morgan fingerprint density at radius 3 is 2.27 bits per heavy atom. The first kappa shape index (κ1) is 14.6. The fourth-order valence-electron chi connectivity index (χ4n) is 1.24. The molecule has 0 aliphatic rings. The zero-order valence-electron chi connectivity index (χ0n) is 11.0. The quantitative estimate of drug-likeness (QED) is 0.608. The van der Waals surface area contributed by atoms with Gasteiger partial charge in [-0.25, -0.2) is 0 Å². The highest BCUT2D eigenvalue weighted by Crippen LogP contribution is 1.94. The zero-order chi connectivity index (χ0) is 11.8. The lowest BCUT2D eigenvalue weighted by molar-refractivity contribution is 0.296. The molecule has 3 nitrogen and oxygen atoms in total. The summed E-state index contributed by atoms with van der Waals surface area (Å²) >= 11 is 0. The summed E-state index contributed by atoms with van der Waals surface area (Å²) in [6, 6.07) is 0.536. The van der Waals surface area contributed by atoms with Gasteiger partial charge in [0.2, 0.25) is 0 Å². The van der Waals surface area contributed by atoms with Crippen LogP contribution in [0.5, 0.6) is 0 Å². The topological polar surface area (TPSA) is 18.5 Å². The number of hydrogen-bond acceptors (Lipinski definition) is 3. The van der Waals surface area contributed by atoms with Crippen LogP contribution in [0, 0.1) is 0 Å². The fourth-order valence-corrected chi connectivity index (χ4v) is 1.24. The van der Waals surface area contributed by atoms with Crippen LogP contribution in [0.25, 0.3) is 0 Å². The van der Waals surface area contributed by atoms with Gasteiger partial charge in [0.15, 0.2) is 0 Å². The predicted molar refractivity (Wildman–Crippen MR) is 68.3 cm³/mol. The molecule has 0 heterocycles. The van der Waals surface area contributed by atoms with Crippen LogP contribution < -0.4 is 5.32 Å². The fraction of sp³-hybridized carbons (Fsp3) is 0.833. The average molecular weight is 213 g/mol. The molecule has 0 aromatic rings. The molecular formula is C12H27N3. The summed E-state index contributed by atoms with van der Waals surface area (Å²) in [7, 11) is 6.34. The van der Waals surface area contributed by atoms with Crippen LogP contribution in [0.3, 0.4) is 0 Å². The lowest BCUT2D eigenvalue weighted by Crippen LogP contribution is -2.33. The molecule has 3 heteroatoms. The van der Waals surface area contributed by atoms with E-state index in [-0.39, 0.29) is 0 Å². The highest BCUT2D eigenvalue weighted by atomic mass is 15.1. The molecule has 0 atom stereocenters. The first-order chi connectivity index (χ1) is 6.91. The van der Waals surface area contributed by atoms with E-state index in [1.54, 1.807) is 0 Å². The van der Waals surface area contributed by atoms with E-state index in [0.717, 1.165) is 26.2 Å². The highest BCUT2D eigenvalue weighted by molar-refractivity contribution is 4.99. The second-order valence-corrected chi connectivity index (χ2v) is 4.83. The molecule has 1 N–H and O–H groups in total. The Hall–Kier alpha value is -0.380. The summed E-state index contributed by atoms with van der Waals surface area (Å²) in [6.45, 7) is 12.5. The molecule has 15 heavy (non-hydrogen) atoms. The van der Waals surface area contributed by atoms with E-state index in [1.165, 1.54) is 5.57 Å². The lowest BCUT2D eigenvalue weighted by Gasteiger charge is -2.21. The summed E-state index contributed by atoms with van der Waals surface area (Å²) in [5.41, 5.74) is 1.25. The maximum absolute atomic E-state index is 4.08. The van der Waals surface area contributed by atoms with Gasteiger partial charge in [-0.2, -0.15) is 0 Å². The van der Waals surface area contributed by atoms with Gasteiger partial charge in [0.1, 0.15) is 0 Å². The second kappa shape index (κ2) is 7.85. The van der Waals surface area contributed by atoms with E-state index in [2.05, 4.69) is 56.7 Å². The molecule has 0 radical (unpaired) electrons. The third-order valence-corrected chi connectivity index (χ3v) is 2.18. The molecule has 0 spiro atoms. The van der Waals surface area contributed by atoms with Gasteiger partial charge < -0.3 is 15.1 Å². The van der Waals surface area contributed by atoms with Gasteiger partial charge in [-0.05, 0) is 26.7 Å². The number of nitrogens with one attached hydrogen (secondary N) is 1. The predicted octanol–water partition coefficient (Wildman–Crippen LogP) is 1.03. The van der Waals surface area contributed by atoms with Crippen molar-refractivity contribution < 1.29 is 0 Å². The van der Waals surface area contributed by atoms with Crippen LogP contribution in [-0.2, 0) is 0 Å². The Morgan fingerprint density at radius 2 is 1.80 bits per heavy atom. The molecule has 0 aromatic carbocycles. The molecule has 90 valence electrons. The van der Waals surface area contributed by atoms with Gasteiger partial charge >= 0.3 is 0 Å². The Bertz CT molecular complexity index is 176. The summed E-state index contributed by atoms with van der Waals surface area (Å²) < 4.78 is 0. The van der Waals surface area contributed by atoms with Crippen molar-refractivity contribution in [3.05, 3.63) is 12.2 Å².